The van der Waals surface area contributed by atoms with E-state index in [0.717, 1.165) is 25.1 Å². The lowest BCUT2D eigenvalue weighted by Gasteiger charge is -2.15. The third kappa shape index (κ3) is 3.64. The molecule has 2 N–H and O–H groups in total. The van der Waals surface area contributed by atoms with E-state index >= 15 is 0 Å². The Morgan fingerprint density at radius 3 is 2.50 bits per heavy atom. The Hall–Kier alpha value is -1.39. The third-order valence-corrected chi connectivity index (χ3v) is 2.38. The maximum atomic E-state index is 11.1. The van der Waals surface area contributed by atoms with Gasteiger partial charge in [-0.2, -0.15) is 0 Å². The zero-order valence-corrected chi connectivity index (χ0v) is 9.73. The molecule has 0 aliphatic carbocycles. The second kappa shape index (κ2) is 6.25. The molecule has 0 aromatic heterocycles. The highest BCUT2D eigenvalue weighted by Crippen LogP contribution is 2.07. The normalized spacial score (nSPS) is 10.5. The number of hydrogen-bond donors (Lipinski definition) is 2. The summed E-state index contributed by atoms with van der Waals surface area (Å²) in [6.07, 6.45) is 1.13. The minimum absolute atomic E-state index is 0.462. The van der Waals surface area contributed by atoms with Crippen LogP contribution in [0.25, 0.3) is 0 Å². The average molecular weight is 222 g/mol. The minimum Gasteiger partial charge on any atom is -0.302 e. The van der Waals surface area contributed by atoms with E-state index in [2.05, 4.69) is 18.9 Å². The Bertz CT molecular complexity index is 335. The molecule has 1 amide bonds. The second-order valence-corrected chi connectivity index (χ2v) is 3.88. The number of nitrogens with one attached hydrogen (secondary N) is 1. The number of benzene rings is 1. The summed E-state index contributed by atoms with van der Waals surface area (Å²) in [6.45, 7) is 4.07. The Morgan fingerprint density at radius 1 is 1.38 bits per heavy atom. The molecule has 0 aliphatic rings. The summed E-state index contributed by atoms with van der Waals surface area (Å²) in [6, 6.07) is 7.22. The van der Waals surface area contributed by atoms with Gasteiger partial charge >= 0.3 is 0 Å². The van der Waals surface area contributed by atoms with Crippen molar-refractivity contribution in [3.63, 3.8) is 0 Å². The molecule has 0 radical (unpaired) electrons. The average Bonchev–Trinajstić information content (AvgIpc) is 2.29. The lowest BCUT2D eigenvalue weighted by molar-refractivity contribution is 0.0706. The molecule has 4 heteroatoms. The number of carbonyl (C=O) groups is 1. The lowest BCUT2D eigenvalue weighted by atomic mass is 10.1. The number of hydrogen-bond acceptors (Lipinski definition) is 3. The van der Waals surface area contributed by atoms with E-state index in [9.17, 15) is 4.79 Å². The van der Waals surface area contributed by atoms with Crippen LogP contribution in [-0.2, 0) is 6.54 Å². The van der Waals surface area contributed by atoms with Gasteiger partial charge < -0.3 is 4.90 Å². The maximum absolute atomic E-state index is 11.1. The zero-order valence-electron chi connectivity index (χ0n) is 9.73. The standard InChI is InChI=1S/C12H18N2O2/c1-3-8-14(2)9-10-4-6-11(7-5-10)12(15)13-16/h4-7,16H,3,8-9H2,1-2H3,(H,13,15). The summed E-state index contributed by atoms with van der Waals surface area (Å²) in [7, 11) is 2.07. The van der Waals surface area contributed by atoms with E-state index < -0.39 is 5.91 Å². The highest BCUT2D eigenvalue weighted by Gasteiger charge is 2.04. The van der Waals surface area contributed by atoms with Gasteiger partial charge in [0.05, 0.1) is 0 Å². The van der Waals surface area contributed by atoms with Crippen molar-refractivity contribution in [3.05, 3.63) is 35.4 Å². The van der Waals surface area contributed by atoms with Crippen LogP contribution in [-0.4, -0.2) is 29.6 Å². The van der Waals surface area contributed by atoms with Crippen LogP contribution in [0.15, 0.2) is 24.3 Å². The first-order chi connectivity index (χ1) is 7.67. The molecule has 0 heterocycles. The van der Waals surface area contributed by atoms with Gasteiger partial charge in [-0.3, -0.25) is 10.0 Å². The molecule has 0 bridgehead atoms. The molecule has 0 saturated heterocycles. The van der Waals surface area contributed by atoms with E-state index in [1.165, 1.54) is 0 Å². The molecule has 1 aromatic rings. The molecule has 1 aromatic carbocycles. The molecule has 0 saturated carbocycles. The molecule has 1 rings (SSSR count). The van der Waals surface area contributed by atoms with E-state index in [1.54, 1.807) is 17.6 Å². The molecule has 4 nitrogen and oxygen atoms in total. The van der Waals surface area contributed by atoms with Gasteiger partial charge in [0, 0.05) is 12.1 Å². The topological polar surface area (TPSA) is 52.6 Å². The van der Waals surface area contributed by atoms with Crippen molar-refractivity contribution >= 4 is 5.91 Å². The van der Waals surface area contributed by atoms with Gasteiger partial charge in [0.15, 0.2) is 0 Å². The van der Waals surface area contributed by atoms with Gasteiger partial charge in [-0.25, -0.2) is 5.48 Å². The fraction of sp³-hybridized carbons (Fsp3) is 0.417. The fourth-order valence-electron chi connectivity index (χ4n) is 1.60. The summed E-state index contributed by atoms with van der Waals surface area (Å²) < 4.78 is 0. The third-order valence-electron chi connectivity index (χ3n) is 2.38. The summed E-state index contributed by atoms with van der Waals surface area (Å²) in [5, 5.41) is 8.47. The van der Waals surface area contributed by atoms with Gasteiger partial charge in [0.2, 0.25) is 0 Å². The van der Waals surface area contributed by atoms with Crippen molar-refractivity contribution < 1.29 is 10.0 Å². The fourth-order valence-corrected chi connectivity index (χ4v) is 1.60. The molecule has 0 atom stereocenters. The lowest BCUT2D eigenvalue weighted by Crippen LogP contribution is -2.20. The Kier molecular flexibility index (Phi) is 4.95. The molecule has 0 unspecified atom stereocenters. The van der Waals surface area contributed by atoms with E-state index in [0.29, 0.717) is 5.56 Å². The zero-order chi connectivity index (χ0) is 12.0. The summed E-state index contributed by atoms with van der Waals surface area (Å²) >= 11 is 0. The smallest absolute Gasteiger partial charge is 0.274 e. The van der Waals surface area contributed by atoms with Crippen LogP contribution in [0.2, 0.25) is 0 Å². The summed E-state index contributed by atoms with van der Waals surface area (Å²) in [5.41, 5.74) is 3.23. The SMILES string of the molecule is CCCN(C)Cc1ccc(C(=O)NO)cc1. The Labute approximate surface area is 95.8 Å². The van der Waals surface area contributed by atoms with Crippen LogP contribution < -0.4 is 5.48 Å². The van der Waals surface area contributed by atoms with E-state index in [4.69, 9.17) is 5.21 Å². The van der Waals surface area contributed by atoms with Crippen LogP contribution in [0.3, 0.4) is 0 Å². The van der Waals surface area contributed by atoms with Crippen molar-refractivity contribution in [2.45, 2.75) is 19.9 Å². The largest absolute Gasteiger partial charge is 0.302 e. The maximum Gasteiger partial charge on any atom is 0.274 e. The number of hydroxylamine groups is 1. The van der Waals surface area contributed by atoms with Crippen molar-refractivity contribution in [2.24, 2.45) is 0 Å². The van der Waals surface area contributed by atoms with Gasteiger partial charge in [0.25, 0.3) is 5.91 Å². The first-order valence-corrected chi connectivity index (χ1v) is 5.39. The van der Waals surface area contributed by atoms with Gasteiger partial charge in [-0.15, -0.1) is 0 Å². The Morgan fingerprint density at radius 2 is 2.00 bits per heavy atom. The van der Waals surface area contributed by atoms with Gasteiger partial charge in [0.1, 0.15) is 0 Å². The number of rotatable bonds is 5. The van der Waals surface area contributed by atoms with Gasteiger partial charge in [-0.05, 0) is 37.7 Å². The summed E-state index contributed by atoms with van der Waals surface area (Å²) in [4.78, 5) is 13.3. The molecule has 0 spiro atoms. The van der Waals surface area contributed by atoms with Crippen LogP contribution >= 0.6 is 0 Å². The first kappa shape index (κ1) is 12.7. The van der Waals surface area contributed by atoms with Crippen LogP contribution in [0.1, 0.15) is 29.3 Å². The predicted octanol–water partition coefficient (Wildman–Crippen LogP) is 1.65. The second-order valence-electron chi connectivity index (χ2n) is 3.88. The van der Waals surface area contributed by atoms with E-state index in [-0.39, 0.29) is 0 Å². The van der Waals surface area contributed by atoms with Crippen LogP contribution in [0.5, 0.6) is 0 Å². The van der Waals surface area contributed by atoms with Crippen molar-refractivity contribution in [1.82, 2.24) is 10.4 Å². The Balaban J connectivity index is 2.61. The van der Waals surface area contributed by atoms with Crippen molar-refractivity contribution in [1.29, 1.82) is 0 Å². The number of amides is 1. The van der Waals surface area contributed by atoms with E-state index in [1.807, 2.05) is 12.1 Å². The predicted molar refractivity (Wildman–Crippen MR) is 62.3 cm³/mol. The van der Waals surface area contributed by atoms with Crippen molar-refractivity contribution in [3.8, 4) is 0 Å². The molecular formula is C12H18N2O2. The monoisotopic (exact) mass is 222 g/mol. The highest BCUT2D eigenvalue weighted by atomic mass is 16.5. The van der Waals surface area contributed by atoms with Crippen LogP contribution in [0, 0.1) is 0 Å². The highest BCUT2D eigenvalue weighted by molar-refractivity contribution is 5.93. The summed E-state index contributed by atoms with van der Waals surface area (Å²) in [5.74, 6) is -0.478. The number of nitrogens with zero attached hydrogens (tertiary/aromatic N) is 1. The quantitative estimate of drug-likeness (QED) is 0.588. The van der Waals surface area contributed by atoms with Crippen molar-refractivity contribution in [2.75, 3.05) is 13.6 Å². The van der Waals surface area contributed by atoms with Crippen LogP contribution in [0.4, 0.5) is 0 Å². The molecule has 0 aliphatic heterocycles. The molecule has 16 heavy (non-hydrogen) atoms. The molecular weight excluding hydrogens is 204 g/mol. The molecule has 88 valence electrons. The van der Waals surface area contributed by atoms with Gasteiger partial charge in [-0.1, -0.05) is 19.1 Å². The number of carbonyl (C=O) groups excluding carboxylic acids is 1. The molecule has 0 fully saturated rings. The minimum atomic E-state index is -0.478. The first-order valence-electron chi connectivity index (χ1n) is 5.39.